The molecule has 0 aliphatic heterocycles. The predicted molar refractivity (Wildman–Crippen MR) is 77.7 cm³/mol. The number of aromatic amines is 1. The molecule has 0 amide bonds. The van der Waals surface area contributed by atoms with Crippen LogP contribution in [0.2, 0.25) is 0 Å². The third kappa shape index (κ3) is 2.26. The number of hydrogen-bond donors (Lipinski definition) is 1. The van der Waals surface area contributed by atoms with Crippen molar-refractivity contribution in [1.82, 2.24) is 10.2 Å². The van der Waals surface area contributed by atoms with Gasteiger partial charge in [-0.25, -0.2) is 5.10 Å². The molecule has 0 saturated heterocycles. The fourth-order valence-corrected chi connectivity index (χ4v) is 3.22. The number of Topliss-reactive ketones (excluding diaryl/α,β-unsaturated/α-hetero) is 1. The number of ketones is 1. The van der Waals surface area contributed by atoms with Crippen molar-refractivity contribution in [1.29, 1.82) is 0 Å². The first-order chi connectivity index (χ1) is 9.66. The lowest BCUT2D eigenvalue weighted by atomic mass is 9.78. The van der Waals surface area contributed by atoms with Crippen LogP contribution in [0.25, 0.3) is 10.8 Å². The molecule has 1 saturated carbocycles. The molecule has 0 radical (unpaired) electrons. The Morgan fingerprint density at radius 1 is 1.15 bits per heavy atom. The fourth-order valence-electron chi connectivity index (χ4n) is 3.22. The molecule has 0 atom stereocenters. The summed E-state index contributed by atoms with van der Waals surface area (Å²) in [7, 11) is 0. The minimum atomic E-state index is -0.137. The number of benzene rings is 1. The molecule has 3 rings (SSSR count). The van der Waals surface area contributed by atoms with Crippen molar-refractivity contribution in [2.75, 3.05) is 0 Å². The lowest BCUT2D eigenvalue weighted by Gasteiger charge is -2.26. The van der Waals surface area contributed by atoms with Crippen LogP contribution in [0, 0.1) is 5.92 Å². The molecule has 1 aromatic carbocycles. The van der Waals surface area contributed by atoms with Gasteiger partial charge in [-0.3, -0.25) is 9.59 Å². The predicted octanol–water partition coefficient (Wildman–Crippen LogP) is 2.79. The molecule has 1 fully saturated rings. The zero-order valence-electron chi connectivity index (χ0n) is 11.6. The number of H-pyrrole nitrogens is 1. The van der Waals surface area contributed by atoms with Crippen LogP contribution < -0.4 is 5.56 Å². The van der Waals surface area contributed by atoms with E-state index in [1.807, 2.05) is 24.3 Å². The maximum atomic E-state index is 11.8. The average Bonchev–Trinajstić information content (AvgIpc) is 2.48. The first kappa shape index (κ1) is 13.0. The van der Waals surface area contributed by atoms with Gasteiger partial charge in [-0.1, -0.05) is 18.2 Å². The topological polar surface area (TPSA) is 62.8 Å². The Bertz CT molecular complexity index is 697. The Morgan fingerprint density at radius 3 is 2.45 bits per heavy atom. The van der Waals surface area contributed by atoms with Gasteiger partial charge in [0.05, 0.1) is 11.1 Å². The molecule has 2 aromatic rings. The third-order valence-electron chi connectivity index (χ3n) is 4.41. The molecule has 4 nitrogen and oxygen atoms in total. The van der Waals surface area contributed by atoms with E-state index in [9.17, 15) is 9.59 Å². The Balaban J connectivity index is 1.94. The molecule has 1 aliphatic carbocycles. The van der Waals surface area contributed by atoms with Crippen LogP contribution in [-0.2, 0) is 4.79 Å². The van der Waals surface area contributed by atoms with Gasteiger partial charge >= 0.3 is 0 Å². The zero-order chi connectivity index (χ0) is 14.1. The lowest BCUT2D eigenvalue weighted by molar-refractivity contribution is -0.121. The van der Waals surface area contributed by atoms with Crippen LogP contribution in [-0.4, -0.2) is 16.0 Å². The number of fused-ring (bicyclic) bond motifs is 1. The molecule has 4 heteroatoms. The van der Waals surface area contributed by atoms with Gasteiger partial charge in [0.15, 0.2) is 0 Å². The van der Waals surface area contributed by atoms with Crippen molar-refractivity contribution >= 4 is 16.6 Å². The summed E-state index contributed by atoms with van der Waals surface area (Å²) in [5.74, 6) is 0.843. The Morgan fingerprint density at radius 2 is 1.80 bits per heavy atom. The van der Waals surface area contributed by atoms with Crippen molar-refractivity contribution in [2.24, 2.45) is 5.92 Å². The number of aromatic nitrogens is 2. The monoisotopic (exact) mass is 270 g/mol. The molecule has 1 N–H and O–H groups in total. The molecule has 0 spiro atoms. The minimum absolute atomic E-state index is 0.137. The highest BCUT2D eigenvalue weighted by Gasteiger charge is 2.27. The minimum Gasteiger partial charge on any atom is -0.300 e. The highest BCUT2D eigenvalue weighted by atomic mass is 16.1. The highest BCUT2D eigenvalue weighted by molar-refractivity contribution is 5.84. The van der Waals surface area contributed by atoms with Crippen molar-refractivity contribution in [3.05, 3.63) is 40.3 Å². The summed E-state index contributed by atoms with van der Waals surface area (Å²) in [4.78, 5) is 23.2. The van der Waals surface area contributed by atoms with Gasteiger partial charge in [-0.05, 0) is 38.7 Å². The summed E-state index contributed by atoms with van der Waals surface area (Å²) in [5.41, 5.74) is 0.837. The van der Waals surface area contributed by atoms with Crippen molar-refractivity contribution in [3.8, 4) is 0 Å². The van der Waals surface area contributed by atoms with E-state index < -0.39 is 0 Å². The number of carbonyl (C=O) groups excluding carboxylic acids is 1. The van der Waals surface area contributed by atoms with Gasteiger partial charge in [0.1, 0.15) is 5.78 Å². The summed E-state index contributed by atoms with van der Waals surface area (Å²) >= 11 is 0. The second kappa shape index (κ2) is 5.19. The Hall–Kier alpha value is -1.97. The molecule has 1 aromatic heterocycles. The second-order valence-corrected chi connectivity index (χ2v) is 5.64. The van der Waals surface area contributed by atoms with Gasteiger partial charge in [-0.15, -0.1) is 0 Å². The first-order valence-corrected chi connectivity index (χ1v) is 7.14. The number of rotatable bonds is 2. The smallest absolute Gasteiger partial charge is 0.272 e. The highest BCUT2D eigenvalue weighted by Crippen LogP contribution is 2.37. The summed E-state index contributed by atoms with van der Waals surface area (Å²) in [6.07, 6.45) is 3.78. The zero-order valence-corrected chi connectivity index (χ0v) is 11.6. The van der Waals surface area contributed by atoms with Crippen LogP contribution in [0.5, 0.6) is 0 Å². The third-order valence-corrected chi connectivity index (χ3v) is 4.41. The number of hydrogen-bond acceptors (Lipinski definition) is 3. The van der Waals surface area contributed by atoms with E-state index in [-0.39, 0.29) is 11.5 Å². The van der Waals surface area contributed by atoms with E-state index in [1.54, 1.807) is 6.92 Å². The molecule has 0 bridgehead atoms. The van der Waals surface area contributed by atoms with E-state index in [0.29, 0.717) is 17.1 Å². The second-order valence-electron chi connectivity index (χ2n) is 5.64. The van der Waals surface area contributed by atoms with Crippen molar-refractivity contribution in [2.45, 2.75) is 38.5 Å². The summed E-state index contributed by atoms with van der Waals surface area (Å²) in [6.45, 7) is 1.68. The summed E-state index contributed by atoms with van der Waals surface area (Å²) in [6, 6.07) is 7.60. The van der Waals surface area contributed by atoms with Gasteiger partial charge < -0.3 is 0 Å². The largest absolute Gasteiger partial charge is 0.300 e. The Labute approximate surface area is 117 Å². The summed E-state index contributed by atoms with van der Waals surface area (Å²) in [5, 5.41) is 8.53. The van der Waals surface area contributed by atoms with Gasteiger partial charge in [0, 0.05) is 17.2 Å². The SMILES string of the molecule is CC(=O)C1CCC(c2n[nH]c(=O)c3ccccc23)CC1. The van der Waals surface area contributed by atoms with E-state index >= 15 is 0 Å². The van der Waals surface area contributed by atoms with Gasteiger partial charge in [-0.2, -0.15) is 5.10 Å². The first-order valence-electron chi connectivity index (χ1n) is 7.14. The van der Waals surface area contributed by atoms with Gasteiger partial charge in [0.2, 0.25) is 0 Å². The maximum absolute atomic E-state index is 11.8. The molecule has 20 heavy (non-hydrogen) atoms. The molecular weight excluding hydrogens is 252 g/mol. The van der Waals surface area contributed by atoms with Crippen LogP contribution >= 0.6 is 0 Å². The van der Waals surface area contributed by atoms with E-state index in [2.05, 4.69) is 10.2 Å². The van der Waals surface area contributed by atoms with Gasteiger partial charge in [0.25, 0.3) is 5.56 Å². The van der Waals surface area contributed by atoms with Crippen LogP contribution in [0.15, 0.2) is 29.1 Å². The molecule has 1 heterocycles. The summed E-state index contributed by atoms with van der Waals surface area (Å²) < 4.78 is 0. The van der Waals surface area contributed by atoms with Crippen LogP contribution in [0.4, 0.5) is 0 Å². The molecular formula is C16H18N2O2. The van der Waals surface area contributed by atoms with Crippen molar-refractivity contribution in [3.63, 3.8) is 0 Å². The number of carbonyl (C=O) groups is 1. The van der Waals surface area contributed by atoms with Crippen LogP contribution in [0.1, 0.15) is 44.2 Å². The normalized spacial score (nSPS) is 22.9. The van der Waals surface area contributed by atoms with Crippen molar-refractivity contribution < 1.29 is 4.79 Å². The molecule has 1 aliphatic rings. The number of nitrogens with zero attached hydrogens (tertiary/aromatic N) is 1. The van der Waals surface area contributed by atoms with E-state index in [1.165, 1.54) is 0 Å². The molecule has 0 unspecified atom stereocenters. The number of nitrogens with one attached hydrogen (secondary N) is 1. The fraction of sp³-hybridized carbons (Fsp3) is 0.438. The average molecular weight is 270 g/mol. The maximum Gasteiger partial charge on any atom is 0.272 e. The van der Waals surface area contributed by atoms with E-state index in [0.717, 1.165) is 36.8 Å². The molecule has 104 valence electrons. The lowest BCUT2D eigenvalue weighted by Crippen LogP contribution is -2.21. The van der Waals surface area contributed by atoms with E-state index in [4.69, 9.17) is 0 Å². The van der Waals surface area contributed by atoms with Crippen LogP contribution in [0.3, 0.4) is 0 Å². The quantitative estimate of drug-likeness (QED) is 0.912. The standard InChI is InChI=1S/C16H18N2O2/c1-10(19)11-6-8-12(9-7-11)15-13-4-2-3-5-14(13)16(20)18-17-15/h2-5,11-12H,6-9H2,1H3,(H,18,20). The Kier molecular flexibility index (Phi) is 3.38.